The van der Waals surface area contributed by atoms with Crippen LogP contribution in [-0.2, 0) is 4.74 Å². The van der Waals surface area contributed by atoms with Crippen LogP contribution in [0.3, 0.4) is 0 Å². The molecule has 0 spiro atoms. The maximum atomic E-state index is 13.4. The van der Waals surface area contributed by atoms with Crippen LogP contribution in [-0.4, -0.2) is 18.1 Å². The van der Waals surface area contributed by atoms with Gasteiger partial charge in [0.2, 0.25) is 0 Å². The first kappa shape index (κ1) is 15.2. The van der Waals surface area contributed by atoms with E-state index in [1.54, 1.807) is 24.4 Å². The number of hydrogen-bond acceptors (Lipinski definition) is 4. The van der Waals surface area contributed by atoms with Crippen molar-refractivity contribution < 1.29 is 13.9 Å². The second-order valence-electron chi connectivity index (χ2n) is 4.83. The molecule has 0 atom stereocenters. The molecule has 0 aliphatic heterocycles. The predicted octanol–water partition coefficient (Wildman–Crippen LogP) is 4.56. The van der Waals surface area contributed by atoms with E-state index in [9.17, 15) is 9.18 Å². The number of pyridine rings is 1. The average Bonchev–Trinajstić information content (AvgIpc) is 2.55. The van der Waals surface area contributed by atoms with Crippen molar-refractivity contribution in [3.8, 4) is 0 Å². The first-order valence-corrected chi connectivity index (χ1v) is 7.15. The number of benzene rings is 2. The monoisotopic (exact) mass is 330 g/mol. The molecule has 0 fully saturated rings. The Hall–Kier alpha value is -2.66. The molecule has 0 amide bonds. The van der Waals surface area contributed by atoms with Crippen LogP contribution in [0.1, 0.15) is 10.4 Å². The quantitative estimate of drug-likeness (QED) is 0.715. The van der Waals surface area contributed by atoms with Crippen LogP contribution in [0, 0.1) is 5.82 Å². The van der Waals surface area contributed by atoms with Gasteiger partial charge in [0.1, 0.15) is 5.82 Å². The number of fused-ring (bicyclic) bond motifs is 1. The molecule has 1 N–H and O–H groups in total. The van der Waals surface area contributed by atoms with Gasteiger partial charge in [-0.2, -0.15) is 0 Å². The summed E-state index contributed by atoms with van der Waals surface area (Å²) in [6.07, 6.45) is 1.63. The number of carbonyl (C=O) groups is 1. The lowest BCUT2D eigenvalue weighted by atomic mass is 10.1. The summed E-state index contributed by atoms with van der Waals surface area (Å²) >= 11 is 5.97. The molecular formula is C17H12ClFN2O2. The van der Waals surface area contributed by atoms with E-state index in [0.717, 1.165) is 17.1 Å². The Bertz CT molecular complexity index is 899. The summed E-state index contributed by atoms with van der Waals surface area (Å²) in [6.45, 7) is 0. The van der Waals surface area contributed by atoms with Gasteiger partial charge in [0.25, 0.3) is 0 Å². The number of aromatic nitrogens is 1. The molecule has 0 saturated heterocycles. The largest absolute Gasteiger partial charge is 0.465 e. The van der Waals surface area contributed by atoms with E-state index in [-0.39, 0.29) is 5.56 Å². The molecule has 1 aromatic heterocycles. The smallest absolute Gasteiger partial charge is 0.340 e. The highest BCUT2D eigenvalue weighted by Crippen LogP contribution is 2.29. The summed E-state index contributed by atoms with van der Waals surface area (Å²) in [4.78, 5) is 16.1. The van der Waals surface area contributed by atoms with Crippen LogP contribution in [0.4, 0.5) is 15.8 Å². The third-order valence-corrected chi connectivity index (χ3v) is 3.60. The average molecular weight is 331 g/mol. The third kappa shape index (κ3) is 3.10. The lowest BCUT2D eigenvalue weighted by molar-refractivity contribution is 0.0601. The van der Waals surface area contributed by atoms with Crippen molar-refractivity contribution in [1.29, 1.82) is 0 Å². The van der Waals surface area contributed by atoms with E-state index in [1.807, 2.05) is 6.07 Å². The Morgan fingerprint density at radius 3 is 2.78 bits per heavy atom. The second-order valence-corrected chi connectivity index (χ2v) is 5.26. The molecule has 0 bridgehead atoms. The molecule has 0 aliphatic carbocycles. The van der Waals surface area contributed by atoms with E-state index in [2.05, 4.69) is 10.3 Å². The Kier molecular flexibility index (Phi) is 4.12. The van der Waals surface area contributed by atoms with E-state index in [0.29, 0.717) is 16.2 Å². The van der Waals surface area contributed by atoms with Crippen LogP contribution in [0.5, 0.6) is 0 Å². The fourth-order valence-electron chi connectivity index (χ4n) is 2.28. The number of carbonyl (C=O) groups excluding carboxylic acids is 1. The minimum Gasteiger partial charge on any atom is -0.465 e. The van der Waals surface area contributed by atoms with Crippen molar-refractivity contribution in [2.75, 3.05) is 12.4 Å². The van der Waals surface area contributed by atoms with Gasteiger partial charge in [-0.25, -0.2) is 9.18 Å². The lowest BCUT2D eigenvalue weighted by Gasteiger charge is -2.13. The Labute approximate surface area is 136 Å². The second kappa shape index (κ2) is 6.22. The highest BCUT2D eigenvalue weighted by molar-refractivity contribution is 6.31. The number of anilines is 2. The number of ether oxygens (including phenoxy) is 1. The molecule has 0 unspecified atom stereocenters. The highest BCUT2D eigenvalue weighted by atomic mass is 35.5. The van der Waals surface area contributed by atoms with Gasteiger partial charge in [-0.15, -0.1) is 0 Å². The minimum absolute atomic E-state index is 0.117. The van der Waals surface area contributed by atoms with Gasteiger partial charge in [-0.3, -0.25) is 4.98 Å². The number of esters is 1. The van der Waals surface area contributed by atoms with Gasteiger partial charge in [0.15, 0.2) is 0 Å². The maximum absolute atomic E-state index is 13.4. The van der Waals surface area contributed by atoms with E-state index >= 15 is 0 Å². The van der Waals surface area contributed by atoms with Crippen LogP contribution < -0.4 is 5.32 Å². The van der Waals surface area contributed by atoms with Crippen LogP contribution >= 0.6 is 11.6 Å². The van der Waals surface area contributed by atoms with Crippen molar-refractivity contribution in [3.63, 3.8) is 0 Å². The molecule has 0 aliphatic rings. The maximum Gasteiger partial charge on any atom is 0.340 e. The third-order valence-electron chi connectivity index (χ3n) is 3.36. The fraction of sp³-hybridized carbons (Fsp3) is 0.0588. The number of methoxy groups -OCH3 is 1. The lowest BCUT2D eigenvalue weighted by Crippen LogP contribution is -2.06. The molecule has 2 aromatic carbocycles. The standard InChI is InChI=1S/C17H12ClFN2O2/c1-23-17(22)13-9-11(19)3-5-14(13)21-15-6-7-20-16-8-10(18)2-4-12(15)16/h2-9H,1H3,(H,20,21). The van der Waals surface area contributed by atoms with Gasteiger partial charge in [-0.1, -0.05) is 11.6 Å². The fourth-order valence-corrected chi connectivity index (χ4v) is 2.45. The Morgan fingerprint density at radius 1 is 1.17 bits per heavy atom. The molecule has 3 aromatic rings. The van der Waals surface area contributed by atoms with Crippen molar-refractivity contribution in [3.05, 3.63) is 65.1 Å². The molecule has 6 heteroatoms. The van der Waals surface area contributed by atoms with E-state index in [4.69, 9.17) is 16.3 Å². The Morgan fingerprint density at radius 2 is 2.00 bits per heavy atom. The van der Waals surface area contributed by atoms with E-state index < -0.39 is 11.8 Å². The van der Waals surface area contributed by atoms with Crippen LogP contribution in [0.15, 0.2) is 48.7 Å². The normalized spacial score (nSPS) is 10.6. The van der Waals surface area contributed by atoms with Crippen molar-refractivity contribution in [2.24, 2.45) is 0 Å². The van der Waals surface area contributed by atoms with Gasteiger partial charge in [0.05, 0.1) is 23.9 Å². The first-order valence-electron chi connectivity index (χ1n) is 6.77. The molecule has 23 heavy (non-hydrogen) atoms. The molecule has 116 valence electrons. The summed E-state index contributed by atoms with van der Waals surface area (Å²) in [7, 11) is 1.25. The topological polar surface area (TPSA) is 51.2 Å². The summed E-state index contributed by atoms with van der Waals surface area (Å²) < 4.78 is 18.1. The highest BCUT2D eigenvalue weighted by Gasteiger charge is 2.14. The number of halogens is 2. The molecule has 3 rings (SSSR count). The molecule has 4 nitrogen and oxygen atoms in total. The van der Waals surface area contributed by atoms with Crippen molar-refractivity contribution in [1.82, 2.24) is 4.98 Å². The summed E-state index contributed by atoms with van der Waals surface area (Å²) in [5.74, 6) is -1.13. The predicted molar refractivity (Wildman–Crippen MR) is 87.8 cm³/mol. The number of nitrogens with zero attached hydrogens (tertiary/aromatic N) is 1. The zero-order valence-corrected chi connectivity index (χ0v) is 12.9. The number of hydrogen-bond donors (Lipinski definition) is 1. The number of rotatable bonds is 3. The van der Waals surface area contributed by atoms with Crippen LogP contribution in [0.2, 0.25) is 5.02 Å². The summed E-state index contributed by atoms with van der Waals surface area (Å²) in [5.41, 5.74) is 2.00. The van der Waals surface area contributed by atoms with Gasteiger partial charge >= 0.3 is 5.97 Å². The minimum atomic E-state index is -0.617. The van der Waals surface area contributed by atoms with Gasteiger partial charge < -0.3 is 10.1 Å². The molecule has 0 radical (unpaired) electrons. The molecule has 0 saturated carbocycles. The zero-order valence-electron chi connectivity index (χ0n) is 12.1. The molecular weight excluding hydrogens is 319 g/mol. The summed E-state index contributed by atoms with van der Waals surface area (Å²) in [6, 6.07) is 11.0. The SMILES string of the molecule is COC(=O)c1cc(F)ccc1Nc1ccnc2cc(Cl)ccc12. The van der Waals surface area contributed by atoms with Gasteiger partial charge in [-0.05, 0) is 42.5 Å². The van der Waals surface area contributed by atoms with Gasteiger partial charge in [0, 0.05) is 22.3 Å². The Balaban J connectivity index is 2.08. The first-order chi connectivity index (χ1) is 11.1. The van der Waals surface area contributed by atoms with Crippen molar-refractivity contribution >= 4 is 39.8 Å². The van der Waals surface area contributed by atoms with Crippen LogP contribution in [0.25, 0.3) is 10.9 Å². The summed E-state index contributed by atoms with van der Waals surface area (Å²) in [5, 5.41) is 4.54. The zero-order chi connectivity index (χ0) is 16.4. The van der Waals surface area contributed by atoms with Crippen molar-refractivity contribution in [2.45, 2.75) is 0 Å². The van der Waals surface area contributed by atoms with E-state index in [1.165, 1.54) is 19.2 Å². The number of nitrogens with one attached hydrogen (secondary N) is 1. The molecule has 1 heterocycles.